The van der Waals surface area contributed by atoms with Gasteiger partial charge in [0.15, 0.2) is 5.82 Å². The molecule has 0 saturated heterocycles. The van der Waals surface area contributed by atoms with Gasteiger partial charge in [0.05, 0.1) is 17.3 Å². The molecular weight excluding hydrogens is 264 g/mol. The molecule has 5 nitrogen and oxygen atoms in total. The first-order valence-electron chi connectivity index (χ1n) is 5.88. The van der Waals surface area contributed by atoms with Crippen molar-refractivity contribution in [1.29, 1.82) is 0 Å². The molecule has 0 spiro atoms. The maximum absolute atomic E-state index is 6.12. The molecule has 0 aliphatic carbocycles. The van der Waals surface area contributed by atoms with E-state index in [1.165, 1.54) is 6.33 Å². The number of nitrogens with two attached hydrogens (primary N) is 1. The summed E-state index contributed by atoms with van der Waals surface area (Å²) in [7, 11) is 0. The van der Waals surface area contributed by atoms with Crippen LogP contribution in [0.5, 0.6) is 5.88 Å². The van der Waals surface area contributed by atoms with E-state index in [1.54, 1.807) is 0 Å². The van der Waals surface area contributed by atoms with Crippen LogP contribution in [0.15, 0.2) is 24.5 Å². The average Bonchev–Trinajstić information content (AvgIpc) is 2.39. The summed E-state index contributed by atoms with van der Waals surface area (Å²) in [5, 5.41) is 3.69. The molecule has 19 heavy (non-hydrogen) atoms. The van der Waals surface area contributed by atoms with Crippen molar-refractivity contribution in [2.24, 2.45) is 0 Å². The summed E-state index contributed by atoms with van der Waals surface area (Å²) in [6, 6.07) is 5.67. The lowest BCUT2D eigenvalue weighted by Crippen LogP contribution is -2.05. The number of benzene rings is 1. The van der Waals surface area contributed by atoms with Gasteiger partial charge < -0.3 is 15.8 Å². The van der Waals surface area contributed by atoms with Crippen molar-refractivity contribution >= 4 is 28.8 Å². The van der Waals surface area contributed by atoms with Crippen LogP contribution in [0.4, 0.5) is 17.2 Å². The van der Waals surface area contributed by atoms with Gasteiger partial charge in [0.2, 0.25) is 5.88 Å². The predicted octanol–water partition coefficient (Wildman–Crippen LogP) is 3.16. The van der Waals surface area contributed by atoms with Gasteiger partial charge in [-0.25, -0.2) is 4.98 Å². The third-order valence-electron chi connectivity index (χ3n) is 2.50. The van der Waals surface area contributed by atoms with Gasteiger partial charge in [-0.1, -0.05) is 17.7 Å². The summed E-state index contributed by atoms with van der Waals surface area (Å²) in [6.07, 6.45) is 1.40. The van der Waals surface area contributed by atoms with Crippen molar-refractivity contribution in [2.45, 2.75) is 13.8 Å². The van der Waals surface area contributed by atoms with E-state index in [0.29, 0.717) is 29.0 Å². The Balaban J connectivity index is 2.33. The second-order valence-electron chi connectivity index (χ2n) is 3.98. The molecule has 1 aromatic carbocycles. The summed E-state index contributed by atoms with van der Waals surface area (Å²) in [4.78, 5) is 8.08. The van der Waals surface area contributed by atoms with E-state index >= 15 is 0 Å². The van der Waals surface area contributed by atoms with E-state index in [4.69, 9.17) is 22.1 Å². The highest BCUT2D eigenvalue weighted by molar-refractivity contribution is 6.33. The zero-order valence-electron chi connectivity index (χ0n) is 10.8. The normalized spacial score (nSPS) is 10.3. The van der Waals surface area contributed by atoms with Crippen molar-refractivity contribution in [1.82, 2.24) is 9.97 Å². The molecule has 0 fully saturated rings. The second kappa shape index (κ2) is 5.75. The van der Waals surface area contributed by atoms with Crippen LogP contribution in [-0.2, 0) is 0 Å². The van der Waals surface area contributed by atoms with E-state index in [1.807, 2.05) is 32.0 Å². The van der Waals surface area contributed by atoms with Gasteiger partial charge in [0.25, 0.3) is 0 Å². The lowest BCUT2D eigenvalue weighted by Gasteiger charge is -2.12. The van der Waals surface area contributed by atoms with Gasteiger partial charge in [-0.15, -0.1) is 0 Å². The second-order valence-corrected chi connectivity index (χ2v) is 4.39. The SMILES string of the molecule is CCOc1ncnc(Nc2cc(C)ccc2Cl)c1N. The molecule has 1 aromatic heterocycles. The average molecular weight is 279 g/mol. The fraction of sp³-hybridized carbons (Fsp3) is 0.231. The first-order valence-corrected chi connectivity index (χ1v) is 6.26. The predicted molar refractivity (Wildman–Crippen MR) is 77.1 cm³/mol. The number of nitrogens with zero attached hydrogens (tertiary/aromatic N) is 2. The highest BCUT2D eigenvalue weighted by Gasteiger charge is 2.10. The molecule has 0 aliphatic heterocycles. The van der Waals surface area contributed by atoms with Crippen LogP contribution in [0.1, 0.15) is 12.5 Å². The molecule has 0 atom stereocenters. The molecule has 2 aromatic rings. The van der Waals surface area contributed by atoms with Gasteiger partial charge >= 0.3 is 0 Å². The van der Waals surface area contributed by atoms with Gasteiger partial charge in [-0.2, -0.15) is 4.98 Å². The molecular formula is C13H15ClN4O. The van der Waals surface area contributed by atoms with Gasteiger partial charge in [-0.3, -0.25) is 0 Å². The van der Waals surface area contributed by atoms with E-state index in [2.05, 4.69) is 15.3 Å². The van der Waals surface area contributed by atoms with Crippen molar-refractivity contribution < 1.29 is 4.74 Å². The van der Waals surface area contributed by atoms with Crippen LogP contribution in [0.2, 0.25) is 5.02 Å². The Morgan fingerprint density at radius 2 is 2.16 bits per heavy atom. The van der Waals surface area contributed by atoms with E-state index in [0.717, 1.165) is 11.3 Å². The third kappa shape index (κ3) is 3.06. The quantitative estimate of drug-likeness (QED) is 0.899. The lowest BCUT2D eigenvalue weighted by molar-refractivity contribution is 0.328. The Kier molecular flexibility index (Phi) is 4.06. The molecule has 0 saturated carbocycles. The topological polar surface area (TPSA) is 73.1 Å². The van der Waals surface area contributed by atoms with Crippen molar-refractivity contribution in [3.8, 4) is 5.88 Å². The molecule has 0 amide bonds. The fourth-order valence-electron chi connectivity index (χ4n) is 1.59. The van der Waals surface area contributed by atoms with E-state index in [9.17, 15) is 0 Å². The summed E-state index contributed by atoms with van der Waals surface area (Å²) in [5.41, 5.74) is 8.15. The number of nitrogen functional groups attached to an aromatic ring is 1. The highest BCUT2D eigenvalue weighted by Crippen LogP contribution is 2.31. The number of ether oxygens (including phenoxy) is 1. The largest absolute Gasteiger partial charge is 0.476 e. The van der Waals surface area contributed by atoms with E-state index in [-0.39, 0.29) is 0 Å². The van der Waals surface area contributed by atoms with Crippen LogP contribution in [0, 0.1) is 6.92 Å². The molecule has 0 unspecified atom stereocenters. The Hall–Kier alpha value is -2.01. The lowest BCUT2D eigenvalue weighted by atomic mass is 10.2. The molecule has 2 rings (SSSR count). The van der Waals surface area contributed by atoms with Gasteiger partial charge in [0.1, 0.15) is 12.0 Å². The molecule has 3 N–H and O–H groups in total. The molecule has 0 aliphatic rings. The van der Waals surface area contributed by atoms with Crippen LogP contribution in [0.3, 0.4) is 0 Å². The highest BCUT2D eigenvalue weighted by atomic mass is 35.5. The Morgan fingerprint density at radius 3 is 2.89 bits per heavy atom. The Bertz CT molecular complexity index is 589. The van der Waals surface area contributed by atoms with Gasteiger partial charge in [-0.05, 0) is 31.5 Å². The van der Waals surface area contributed by atoms with Gasteiger partial charge in [0, 0.05) is 0 Å². The number of aryl methyl sites for hydroxylation is 1. The zero-order chi connectivity index (χ0) is 13.8. The molecule has 0 bridgehead atoms. The Labute approximate surface area is 116 Å². The Morgan fingerprint density at radius 1 is 1.37 bits per heavy atom. The first kappa shape index (κ1) is 13.4. The number of hydrogen-bond donors (Lipinski definition) is 2. The molecule has 1 heterocycles. The van der Waals surface area contributed by atoms with Crippen molar-refractivity contribution in [2.75, 3.05) is 17.7 Å². The minimum Gasteiger partial charge on any atom is -0.476 e. The monoisotopic (exact) mass is 278 g/mol. The standard InChI is InChI=1S/C13H15ClN4O/c1-3-19-13-11(15)12(16-7-17-13)18-10-6-8(2)4-5-9(10)14/h4-7H,3,15H2,1-2H3,(H,16,17,18). The number of aromatic nitrogens is 2. The number of anilines is 3. The summed E-state index contributed by atoms with van der Waals surface area (Å²) < 4.78 is 5.32. The molecule has 6 heteroatoms. The summed E-state index contributed by atoms with van der Waals surface area (Å²) in [5.74, 6) is 0.842. The third-order valence-corrected chi connectivity index (χ3v) is 2.83. The minimum absolute atomic E-state index is 0.363. The fourth-order valence-corrected chi connectivity index (χ4v) is 1.76. The maximum atomic E-state index is 6.12. The smallest absolute Gasteiger partial charge is 0.242 e. The molecule has 0 radical (unpaired) electrons. The van der Waals surface area contributed by atoms with Crippen LogP contribution < -0.4 is 15.8 Å². The number of hydrogen-bond acceptors (Lipinski definition) is 5. The first-order chi connectivity index (χ1) is 9.11. The number of nitrogens with one attached hydrogen (secondary N) is 1. The summed E-state index contributed by atoms with van der Waals surface area (Å²) in [6.45, 7) is 4.34. The van der Waals surface area contributed by atoms with E-state index < -0.39 is 0 Å². The van der Waals surface area contributed by atoms with Crippen LogP contribution in [-0.4, -0.2) is 16.6 Å². The van der Waals surface area contributed by atoms with Crippen LogP contribution >= 0.6 is 11.6 Å². The van der Waals surface area contributed by atoms with Crippen molar-refractivity contribution in [3.63, 3.8) is 0 Å². The summed E-state index contributed by atoms with van der Waals surface area (Å²) >= 11 is 6.12. The van der Waals surface area contributed by atoms with Crippen LogP contribution in [0.25, 0.3) is 0 Å². The minimum atomic E-state index is 0.363. The molecule has 100 valence electrons. The maximum Gasteiger partial charge on any atom is 0.242 e. The zero-order valence-corrected chi connectivity index (χ0v) is 11.5. The number of rotatable bonds is 4. The number of halogens is 1. The van der Waals surface area contributed by atoms with Crippen molar-refractivity contribution in [3.05, 3.63) is 35.1 Å².